The first-order valence-corrected chi connectivity index (χ1v) is 7.15. The zero-order valence-electron chi connectivity index (χ0n) is 11.2. The lowest BCUT2D eigenvalue weighted by molar-refractivity contribution is 0.199. The number of nitrogens with two attached hydrogens (primary N) is 1. The lowest BCUT2D eigenvalue weighted by Crippen LogP contribution is -2.40. The van der Waals surface area contributed by atoms with E-state index in [0.717, 1.165) is 24.6 Å². The highest BCUT2D eigenvalue weighted by Gasteiger charge is 2.32. The van der Waals surface area contributed by atoms with E-state index in [1.165, 1.54) is 25.7 Å². The van der Waals surface area contributed by atoms with Crippen molar-refractivity contribution in [3.63, 3.8) is 0 Å². The van der Waals surface area contributed by atoms with Crippen LogP contribution in [0, 0.1) is 5.41 Å². The average Bonchev–Trinajstić information content (AvgIpc) is 2.42. The van der Waals surface area contributed by atoms with Crippen molar-refractivity contribution in [2.24, 2.45) is 5.41 Å². The fourth-order valence-electron chi connectivity index (χ4n) is 2.84. The molecule has 3 nitrogen and oxygen atoms in total. The molecule has 0 atom stereocenters. The van der Waals surface area contributed by atoms with Crippen LogP contribution in [0.25, 0.3) is 0 Å². The Labute approximate surface area is 114 Å². The Bertz CT molecular complexity index is 406. The summed E-state index contributed by atoms with van der Waals surface area (Å²) >= 11 is 5.95. The molecule has 2 N–H and O–H groups in total. The third-order valence-corrected chi connectivity index (χ3v) is 4.71. The topological polar surface area (TPSA) is 42.2 Å². The minimum Gasteiger partial charge on any atom is -0.396 e. The average molecular weight is 268 g/mol. The summed E-state index contributed by atoms with van der Waals surface area (Å²) in [6.45, 7) is 6.65. The van der Waals surface area contributed by atoms with E-state index in [1.54, 1.807) is 6.07 Å². The van der Waals surface area contributed by atoms with Crippen LogP contribution in [-0.4, -0.2) is 18.1 Å². The van der Waals surface area contributed by atoms with Gasteiger partial charge in [-0.25, -0.2) is 4.98 Å². The van der Waals surface area contributed by atoms with Crippen molar-refractivity contribution in [3.05, 3.63) is 17.3 Å². The van der Waals surface area contributed by atoms with E-state index < -0.39 is 0 Å². The third kappa shape index (κ3) is 2.56. The molecular formula is C14H22ClN3. The number of anilines is 2. The molecule has 0 bridgehead atoms. The van der Waals surface area contributed by atoms with Crippen molar-refractivity contribution in [3.8, 4) is 0 Å². The minimum atomic E-state index is 0.516. The van der Waals surface area contributed by atoms with Crippen LogP contribution in [0.4, 0.5) is 11.5 Å². The maximum atomic E-state index is 5.99. The van der Waals surface area contributed by atoms with Gasteiger partial charge in [0, 0.05) is 13.1 Å². The van der Waals surface area contributed by atoms with Crippen molar-refractivity contribution in [1.29, 1.82) is 0 Å². The van der Waals surface area contributed by atoms with Gasteiger partial charge in [0.25, 0.3) is 0 Å². The van der Waals surface area contributed by atoms with Gasteiger partial charge in [0.05, 0.1) is 5.69 Å². The third-order valence-electron chi connectivity index (χ3n) is 4.49. The van der Waals surface area contributed by atoms with E-state index in [2.05, 4.69) is 23.7 Å². The molecule has 0 amide bonds. The molecule has 2 heterocycles. The van der Waals surface area contributed by atoms with Crippen molar-refractivity contribution in [2.45, 2.75) is 39.5 Å². The second-order valence-corrected chi connectivity index (χ2v) is 5.63. The van der Waals surface area contributed by atoms with Gasteiger partial charge < -0.3 is 10.6 Å². The summed E-state index contributed by atoms with van der Waals surface area (Å²) < 4.78 is 0. The maximum Gasteiger partial charge on any atom is 0.153 e. The second-order valence-electron chi connectivity index (χ2n) is 5.24. The smallest absolute Gasteiger partial charge is 0.153 e. The summed E-state index contributed by atoms with van der Waals surface area (Å²) in [5.41, 5.74) is 7.23. The summed E-state index contributed by atoms with van der Waals surface area (Å²) in [7, 11) is 0. The van der Waals surface area contributed by atoms with E-state index in [-0.39, 0.29) is 0 Å². The fraction of sp³-hybridized carbons (Fsp3) is 0.643. The predicted octanol–water partition coefficient (Wildman–Crippen LogP) is 3.72. The van der Waals surface area contributed by atoms with Gasteiger partial charge in [-0.1, -0.05) is 38.3 Å². The highest BCUT2D eigenvalue weighted by molar-refractivity contribution is 6.29. The molecule has 0 aliphatic carbocycles. The summed E-state index contributed by atoms with van der Waals surface area (Å²) in [5.74, 6) is 0.850. The summed E-state index contributed by atoms with van der Waals surface area (Å²) in [6.07, 6.45) is 4.95. The quantitative estimate of drug-likeness (QED) is 0.849. The van der Waals surface area contributed by atoms with Crippen molar-refractivity contribution >= 4 is 23.1 Å². The number of piperidine rings is 1. The van der Waals surface area contributed by atoms with Gasteiger partial charge >= 0.3 is 0 Å². The molecule has 0 saturated carbocycles. The van der Waals surface area contributed by atoms with Crippen LogP contribution >= 0.6 is 11.6 Å². The minimum absolute atomic E-state index is 0.516. The second kappa shape index (κ2) is 5.35. The molecule has 4 heteroatoms. The molecule has 1 aromatic heterocycles. The lowest BCUT2D eigenvalue weighted by Gasteiger charge is -2.41. The Morgan fingerprint density at radius 2 is 1.89 bits per heavy atom. The van der Waals surface area contributed by atoms with Crippen LogP contribution in [0.5, 0.6) is 0 Å². The van der Waals surface area contributed by atoms with Gasteiger partial charge in [-0.2, -0.15) is 0 Å². The summed E-state index contributed by atoms with van der Waals surface area (Å²) in [6, 6.07) is 3.58. The van der Waals surface area contributed by atoms with Gasteiger partial charge in [0.1, 0.15) is 5.15 Å². The van der Waals surface area contributed by atoms with E-state index >= 15 is 0 Å². The molecule has 1 saturated heterocycles. The Balaban J connectivity index is 2.12. The zero-order chi connectivity index (χ0) is 13.2. The number of aromatic nitrogens is 1. The first-order valence-electron chi connectivity index (χ1n) is 6.77. The standard InChI is InChI=1S/C14H22ClN3/c1-3-14(4-2)7-9-18(10-8-14)13-11(16)5-6-12(15)17-13/h5-6H,3-4,7-10,16H2,1-2H3. The molecule has 2 rings (SSSR count). The molecule has 1 aromatic rings. The Hall–Kier alpha value is -0.960. The number of nitrogen functional groups attached to an aromatic ring is 1. The highest BCUT2D eigenvalue weighted by Crippen LogP contribution is 2.39. The van der Waals surface area contributed by atoms with E-state index in [0.29, 0.717) is 10.6 Å². The Morgan fingerprint density at radius 1 is 1.28 bits per heavy atom. The highest BCUT2D eigenvalue weighted by atomic mass is 35.5. The Morgan fingerprint density at radius 3 is 2.44 bits per heavy atom. The Kier molecular flexibility index (Phi) is 4.00. The van der Waals surface area contributed by atoms with Crippen LogP contribution in [0.15, 0.2) is 12.1 Å². The fourth-order valence-corrected chi connectivity index (χ4v) is 2.98. The molecule has 0 aromatic carbocycles. The molecule has 100 valence electrons. The van der Waals surface area contributed by atoms with Crippen LogP contribution < -0.4 is 10.6 Å². The van der Waals surface area contributed by atoms with Gasteiger partial charge in [-0.3, -0.25) is 0 Å². The first kappa shape index (κ1) is 13.5. The normalized spacial score (nSPS) is 18.9. The molecule has 1 aliphatic rings. The first-order chi connectivity index (χ1) is 8.60. The SMILES string of the molecule is CCC1(CC)CCN(c2nc(Cl)ccc2N)CC1. The van der Waals surface area contributed by atoms with Crippen molar-refractivity contribution in [2.75, 3.05) is 23.7 Å². The van der Waals surface area contributed by atoms with Gasteiger partial charge in [-0.05, 0) is 30.4 Å². The summed E-state index contributed by atoms with van der Waals surface area (Å²) in [4.78, 5) is 6.63. The molecule has 0 spiro atoms. The van der Waals surface area contributed by atoms with Crippen molar-refractivity contribution in [1.82, 2.24) is 4.98 Å². The van der Waals surface area contributed by atoms with Gasteiger partial charge in [-0.15, -0.1) is 0 Å². The van der Waals surface area contributed by atoms with E-state index in [4.69, 9.17) is 17.3 Å². The summed E-state index contributed by atoms with van der Waals surface area (Å²) in [5, 5.41) is 0.516. The maximum absolute atomic E-state index is 5.99. The van der Waals surface area contributed by atoms with Crippen LogP contribution in [0.1, 0.15) is 39.5 Å². The molecule has 1 fully saturated rings. The number of hydrogen-bond donors (Lipinski definition) is 1. The number of hydrogen-bond acceptors (Lipinski definition) is 3. The predicted molar refractivity (Wildman–Crippen MR) is 78.1 cm³/mol. The van der Waals surface area contributed by atoms with Crippen LogP contribution in [-0.2, 0) is 0 Å². The van der Waals surface area contributed by atoms with Crippen LogP contribution in [0.3, 0.4) is 0 Å². The number of rotatable bonds is 3. The number of nitrogens with zero attached hydrogens (tertiary/aromatic N) is 2. The van der Waals surface area contributed by atoms with Crippen molar-refractivity contribution < 1.29 is 0 Å². The van der Waals surface area contributed by atoms with Gasteiger partial charge in [0.2, 0.25) is 0 Å². The molecule has 18 heavy (non-hydrogen) atoms. The molecule has 1 aliphatic heterocycles. The van der Waals surface area contributed by atoms with Gasteiger partial charge in [0.15, 0.2) is 5.82 Å². The zero-order valence-corrected chi connectivity index (χ0v) is 12.0. The monoisotopic (exact) mass is 267 g/mol. The number of halogens is 1. The van der Waals surface area contributed by atoms with E-state index in [9.17, 15) is 0 Å². The molecular weight excluding hydrogens is 246 g/mol. The molecule has 0 radical (unpaired) electrons. The van der Waals surface area contributed by atoms with E-state index in [1.807, 2.05) is 6.07 Å². The number of pyridine rings is 1. The van der Waals surface area contributed by atoms with Crippen LogP contribution in [0.2, 0.25) is 5.15 Å². The largest absolute Gasteiger partial charge is 0.396 e. The molecule has 0 unspecified atom stereocenters. The lowest BCUT2D eigenvalue weighted by atomic mass is 9.74.